The van der Waals surface area contributed by atoms with E-state index in [2.05, 4.69) is 10.3 Å². The van der Waals surface area contributed by atoms with Gasteiger partial charge in [-0.3, -0.25) is 4.79 Å². The quantitative estimate of drug-likeness (QED) is 0.676. The first kappa shape index (κ1) is 14.7. The van der Waals surface area contributed by atoms with E-state index in [9.17, 15) is 4.79 Å². The number of rotatable bonds is 5. The fourth-order valence-electron chi connectivity index (χ4n) is 2.02. The van der Waals surface area contributed by atoms with Gasteiger partial charge in [-0.2, -0.15) is 0 Å². The molecule has 0 unspecified atom stereocenters. The minimum Gasteiger partial charge on any atom is -0.485 e. The number of nitrogens with one attached hydrogen (secondary N) is 1. The number of ether oxygens (including phenoxy) is 2. The van der Waals surface area contributed by atoms with Gasteiger partial charge < -0.3 is 14.8 Å². The van der Waals surface area contributed by atoms with Crippen LogP contribution in [0.3, 0.4) is 0 Å². The predicted molar refractivity (Wildman–Crippen MR) is 84.3 cm³/mol. The number of hydrogen-bond acceptors (Lipinski definition) is 5. The maximum atomic E-state index is 12.1. The number of pyridine rings is 1. The van der Waals surface area contributed by atoms with Gasteiger partial charge in [0.1, 0.15) is 6.61 Å². The van der Waals surface area contributed by atoms with E-state index in [0.29, 0.717) is 18.0 Å². The minimum atomic E-state index is -0.602. The van der Waals surface area contributed by atoms with Gasteiger partial charge in [-0.1, -0.05) is 18.2 Å². The molecule has 6 heteroatoms. The van der Waals surface area contributed by atoms with E-state index < -0.39 is 6.10 Å². The summed E-state index contributed by atoms with van der Waals surface area (Å²) in [5.74, 6) is 1.89. The highest BCUT2D eigenvalue weighted by Gasteiger charge is 2.26. The molecule has 0 aliphatic carbocycles. The summed E-state index contributed by atoms with van der Waals surface area (Å²) in [5, 5.41) is 3.81. The lowest BCUT2D eigenvalue weighted by Gasteiger charge is -2.25. The first-order valence-corrected chi connectivity index (χ1v) is 8.01. The molecule has 5 nitrogen and oxygen atoms in total. The van der Waals surface area contributed by atoms with Gasteiger partial charge in [-0.05, 0) is 24.3 Å². The molecule has 1 aromatic heterocycles. The average molecular weight is 316 g/mol. The third kappa shape index (κ3) is 3.71. The highest BCUT2D eigenvalue weighted by atomic mass is 32.2. The Balaban J connectivity index is 1.43. The van der Waals surface area contributed by atoms with E-state index >= 15 is 0 Å². The summed E-state index contributed by atoms with van der Waals surface area (Å²) >= 11 is 1.60. The third-order valence-corrected chi connectivity index (χ3v) is 4.04. The molecular formula is C16H16N2O3S. The Bertz CT molecular complexity index is 636. The third-order valence-electron chi connectivity index (χ3n) is 3.09. The molecule has 114 valence electrons. The zero-order chi connectivity index (χ0) is 15.2. The Labute approximate surface area is 133 Å². The number of nitrogens with zero attached hydrogens (tertiary/aromatic N) is 1. The summed E-state index contributed by atoms with van der Waals surface area (Å²) in [6, 6.07) is 13.1. The van der Waals surface area contributed by atoms with Crippen molar-refractivity contribution in [2.45, 2.75) is 11.1 Å². The highest BCUT2D eigenvalue weighted by molar-refractivity contribution is 7.99. The molecule has 2 heterocycles. The first-order chi connectivity index (χ1) is 10.8. The first-order valence-electron chi connectivity index (χ1n) is 7.03. The van der Waals surface area contributed by atoms with Gasteiger partial charge in [-0.25, -0.2) is 4.98 Å². The van der Waals surface area contributed by atoms with Crippen LogP contribution in [0.2, 0.25) is 0 Å². The van der Waals surface area contributed by atoms with E-state index in [-0.39, 0.29) is 12.5 Å². The molecule has 0 spiro atoms. The number of amides is 1. The van der Waals surface area contributed by atoms with Crippen LogP contribution in [0.15, 0.2) is 53.7 Å². The van der Waals surface area contributed by atoms with Crippen LogP contribution in [0.4, 0.5) is 0 Å². The van der Waals surface area contributed by atoms with Crippen molar-refractivity contribution in [3.8, 4) is 11.5 Å². The lowest BCUT2D eigenvalue weighted by molar-refractivity contribution is -0.130. The van der Waals surface area contributed by atoms with Gasteiger partial charge in [0.15, 0.2) is 11.5 Å². The van der Waals surface area contributed by atoms with Crippen LogP contribution in [0, 0.1) is 0 Å². The predicted octanol–water partition coefficient (Wildman–Crippen LogP) is 2.13. The molecule has 3 rings (SSSR count). The van der Waals surface area contributed by atoms with Gasteiger partial charge in [0.2, 0.25) is 6.10 Å². The normalized spacial score (nSPS) is 16.1. The van der Waals surface area contributed by atoms with Crippen LogP contribution < -0.4 is 14.8 Å². The van der Waals surface area contributed by atoms with Crippen molar-refractivity contribution in [1.29, 1.82) is 0 Å². The van der Waals surface area contributed by atoms with E-state index in [4.69, 9.17) is 9.47 Å². The topological polar surface area (TPSA) is 60.5 Å². The zero-order valence-corrected chi connectivity index (χ0v) is 12.7. The largest absolute Gasteiger partial charge is 0.485 e. The van der Waals surface area contributed by atoms with E-state index in [0.717, 1.165) is 10.8 Å². The van der Waals surface area contributed by atoms with Crippen molar-refractivity contribution in [2.24, 2.45) is 0 Å². The van der Waals surface area contributed by atoms with Gasteiger partial charge in [0.05, 0.1) is 5.03 Å². The Morgan fingerprint density at radius 3 is 2.86 bits per heavy atom. The molecule has 1 N–H and O–H groups in total. The van der Waals surface area contributed by atoms with Crippen molar-refractivity contribution < 1.29 is 14.3 Å². The van der Waals surface area contributed by atoms with E-state index in [1.807, 2.05) is 36.4 Å². The number of benzene rings is 1. The second kappa shape index (κ2) is 7.17. The number of hydrogen-bond donors (Lipinski definition) is 1. The minimum absolute atomic E-state index is 0.156. The second-order valence-electron chi connectivity index (χ2n) is 4.67. The second-order valence-corrected chi connectivity index (χ2v) is 5.79. The van der Waals surface area contributed by atoms with Crippen molar-refractivity contribution in [2.75, 3.05) is 18.9 Å². The van der Waals surface area contributed by atoms with Crippen LogP contribution in [0.5, 0.6) is 11.5 Å². The summed E-state index contributed by atoms with van der Waals surface area (Å²) in [4.78, 5) is 16.3. The van der Waals surface area contributed by atoms with Crippen LogP contribution in [-0.2, 0) is 4.79 Å². The van der Waals surface area contributed by atoms with Crippen molar-refractivity contribution >= 4 is 17.7 Å². The van der Waals surface area contributed by atoms with Crippen LogP contribution in [0.1, 0.15) is 0 Å². The molecule has 0 saturated heterocycles. The van der Waals surface area contributed by atoms with Gasteiger partial charge in [0.25, 0.3) is 5.91 Å². The number of carbonyl (C=O) groups is 1. The number of aromatic nitrogens is 1. The molecule has 2 aromatic rings. The molecule has 1 amide bonds. The fraction of sp³-hybridized carbons (Fsp3) is 0.250. The summed E-state index contributed by atoms with van der Waals surface area (Å²) in [6.07, 6.45) is 1.15. The van der Waals surface area contributed by atoms with Crippen LogP contribution in [0.25, 0.3) is 0 Å². The molecule has 1 aliphatic rings. The van der Waals surface area contributed by atoms with Crippen LogP contribution in [-0.4, -0.2) is 35.9 Å². The van der Waals surface area contributed by atoms with Crippen molar-refractivity contribution in [3.05, 3.63) is 48.7 Å². The fourth-order valence-corrected chi connectivity index (χ4v) is 2.75. The van der Waals surface area contributed by atoms with Crippen LogP contribution >= 0.6 is 11.8 Å². The van der Waals surface area contributed by atoms with Crippen molar-refractivity contribution in [3.63, 3.8) is 0 Å². The van der Waals surface area contributed by atoms with E-state index in [1.165, 1.54) is 0 Å². The molecule has 0 radical (unpaired) electrons. The molecule has 1 aliphatic heterocycles. The number of fused-ring (bicyclic) bond motifs is 1. The Morgan fingerprint density at radius 1 is 1.23 bits per heavy atom. The summed E-state index contributed by atoms with van der Waals surface area (Å²) in [5.41, 5.74) is 0. The highest BCUT2D eigenvalue weighted by Crippen LogP contribution is 2.30. The maximum Gasteiger partial charge on any atom is 0.264 e. The number of thioether (sulfide) groups is 1. The van der Waals surface area contributed by atoms with Gasteiger partial charge >= 0.3 is 0 Å². The number of carbonyl (C=O) groups excluding carboxylic acids is 1. The SMILES string of the molecule is O=C(NCCSc1ccccn1)[C@H]1COc2ccccc2O1. The Kier molecular flexibility index (Phi) is 4.80. The zero-order valence-electron chi connectivity index (χ0n) is 11.9. The number of para-hydroxylation sites is 2. The summed E-state index contributed by atoms with van der Waals surface area (Å²) in [7, 11) is 0. The molecular weight excluding hydrogens is 300 g/mol. The Hall–Kier alpha value is -2.21. The van der Waals surface area contributed by atoms with Gasteiger partial charge in [0, 0.05) is 18.5 Å². The molecule has 1 atom stereocenters. The van der Waals surface area contributed by atoms with E-state index in [1.54, 1.807) is 24.0 Å². The smallest absolute Gasteiger partial charge is 0.264 e. The Morgan fingerprint density at radius 2 is 2.05 bits per heavy atom. The maximum absolute atomic E-state index is 12.1. The summed E-state index contributed by atoms with van der Waals surface area (Å²) < 4.78 is 11.2. The summed E-state index contributed by atoms with van der Waals surface area (Å²) in [6.45, 7) is 0.789. The van der Waals surface area contributed by atoms with Gasteiger partial charge in [-0.15, -0.1) is 11.8 Å². The molecule has 22 heavy (non-hydrogen) atoms. The monoisotopic (exact) mass is 316 g/mol. The average Bonchev–Trinajstić information content (AvgIpc) is 2.59. The lowest BCUT2D eigenvalue weighted by Crippen LogP contribution is -2.44. The van der Waals surface area contributed by atoms with Crippen molar-refractivity contribution in [1.82, 2.24) is 10.3 Å². The molecule has 1 aromatic carbocycles. The molecule has 0 saturated carbocycles. The molecule has 0 bridgehead atoms. The standard InChI is InChI=1S/C16H16N2O3S/c19-16(18-9-10-22-15-7-3-4-8-17-15)14-11-20-12-5-1-2-6-13(12)21-14/h1-8,14H,9-11H2,(H,18,19)/t14-/m1/s1. The lowest BCUT2D eigenvalue weighted by atomic mass is 10.2. The molecule has 0 fully saturated rings.